The minimum absolute atomic E-state index is 0.0438. The van der Waals surface area contributed by atoms with E-state index >= 15 is 0 Å². The number of hydrogen-bond donors (Lipinski definition) is 1. The molecule has 5 heteroatoms. The normalized spacial score (nSPS) is 9.70. The molecule has 1 heterocycles. The second kappa shape index (κ2) is 3.07. The number of carbonyl (C=O) groups excluding carboxylic acids is 1. The molecule has 0 aromatic carbocycles. The van der Waals surface area contributed by atoms with Crippen LogP contribution in [0.2, 0.25) is 0 Å². The molecule has 0 fully saturated rings. The Morgan fingerprint density at radius 3 is 3.00 bits per heavy atom. The van der Waals surface area contributed by atoms with Crippen LogP contribution in [0.15, 0.2) is 4.52 Å². The van der Waals surface area contributed by atoms with Gasteiger partial charge in [0, 0.05) is 6.42 Å². The van der Waals surface area contributed by atoms with Crippen LogP contribution in [0.4, 0.5) is 0 Å². The van der Waals surface area contributed by atoms with Crippen LogP contribution in [0.25, 0.3) is 0 Å². The first kappa shape index (κ1) is 6.88. The predicted octanol–water partition coefficient (Wildman–Crippen LogP) is -0.583. The molecule has 0 atom stereocenters. The predicted molar refractivity (Wildman–Crippen MR) is 30.5 cm³/mol. The van der Waals surface area contributed by atoms with Gasteiger partial charge in [0.1, 0.15) is 0 Å². The summed E-state index contributed by atoms with van der Waals surface area (Å²) in [6.45, 7) is -0.0438. The van der Waals surface area contributed by atoms with Gasteiger partial charge in [-0.1, -0.05) is 5.16 Å². The van der Waals surface area contributed by atoms with E-state index in [1.165, 1.54) is 0 Å². The Labute approximate surface area is 56.7 Å². The molecule has 1 aromatic rings. The molecule has 0 aliphatic carbocycles. The Morgan fingerprint density at radius 2 is 2.50 bits per heavy atom. The van der Waals surface area contributed by atoms with Crippen molar-refractivity contribution in [1.82, 2.24) is 10.1 Å². The summed E-state index contributed by atoms with van der Waals surface area (Å²) in [5, 5.41) is 11.8. The highest BCUT2D eigenvalue weighted by Gasteiger charge is 2.02. The van der Waals surface area contributed by atoms with Crippen molar-refractivity contribution in [1.29, 1.82) is 0 Å². The van der Waals surface area contributed by atoms with Crippen molar-refractivity contribution in [3.63, 3.8) is 0 Å². The van der Waals surface area contributed by atoms with E-state index in [4.69, 9.17) is 5.11 Å². The van der Waals surface area contributed by atoms with E-state index in [2.05, 4.69) is 14.7 Å². The molecular formula is C5H6N2O3. The lowest BCUT2D eigenvalue weighted by atomic mass is 10.4. The van der Waals surface area contributed by atoms with Gasteiger partial charge in [0.05, 0.1) is 6.61 Å². The fourth-order valence-electron chi connectivity index (χ4n) is 0.517. The zero-order valence-corrected chi connectivity index (χ0v) is 5.15. The molecule has 5 nitrogen and oxygen atoms in total. The maximum atomic E-state index is 9.97. The van der Waals surface area contributed by atoms with Gasteiger partial charge >= 0.3 is 0 Å². The van der Waals surface area contributed by atoms with Crippen LogP contribution in [0, 0.1) is 0 Å². The first-order chi connectivity index (χ1) is 4.86. The molecule has 0 radical (unpaired) electrons. The molecule has 0 aliphatic heterocycles. The molecule has 0 bridgehead atoms. The van der Waals surface area contributed by atoms with Crippen LogP contribution in [0.1, 0.15) is 16.5 Å². The Kier molecular flexibility index (Phi) is 2.11. The third kappa shape index (κ3) is 1.38. The first-order valence-corrected chi connectivity index (χ1v) is 2.75. The van der Waals surface area contributed by atoms with Crippen LogP contribution >= 0.6 is 0 Å². The lowest BCUT2D eigenvalue weighted by molar-refractivity contribution is 0.108. The molecule has 0 saturated carbocycles. The maximum absolute atomic E-state index is 9.97. The number of carbonyl (C=O) groups is 1. The molecule has 0 saturated heterocycles. The van der Waals surface area contributed by atoms with E-state index in [-0.39, 0.29) is 12.5 Å². The van der Waals surface area contributed by atoms with Crippen LogP contribution in [0.5, 0.6) is 0 Å². The van der Waals surface area contributed by atoms with Crippen molar-refractivity contribution >= 4 is 6.29 Å². The van der Waals surface area contributed by atoms with Crippen molar-refractivity contribution in [2.24, 2.45) is 0 Å². The minimum Gasteiger partial charge on any atom is -0.396 e. The molecule has 0 aliphatic rings. The van der Waals surface area contributed by atoms with Crippen LogP contribution in [0.3, 0.4) is 0 Å². The lowest BCUT2D eigenvalue weighted by Gasteiger charge is -1.81. The number of aromatic nitrogens is 2. The minimum atomic E-state index is -0.0524. The molecule has 1 N–H and O–H groups in total. The van der Waals surface area contributed by atoms with E-state index in [0.717, 1.165) is 0 Å². The van der Waals surface area contributed by atoms with Crippen molar-refractivity contribution in [3.05, 3.63) is 11.7 Å². The van der Waals surface area contributed by atoms with Gasteiger partial charge in [0.25, 0.3) is 5.89 Å². The van der Waals surface area contributed by atoms with Gasteiger partial charge in [-0.2, -0.15) is 4.98 Å². The standard InChI is InChI=1S/C5H6N2O3/c8-2-1-4-6-5(3-9)10-7-4/h3,8H,1-2H2. The van der Waals surface area contributed by atoms with E-state index in [0.29, 0.717) is 18.5 Å². The third-order valence-electron chi connectivity index (χ3n) is 0.920. The summed E-state index contributed by atoms with van der Waals surface area (Å²) >= 11 is 0. The van der Waals surface area contributed by atoms with Crippen LogP contribution in [-0.4, -0.2) is 28.1 Å². The molecule has 0 unspecified atom stereocenters. The summed E-state index contributed by atoms with van der Waals surface area (Å²) in [7, 11) is 0. The second-order valence-electron chi connectivity index (χ2n) is 1.64. The molecule has 10 heavy (non-hydrogen) atoms. The summed E-state index contributed by atoms with van der Waals surface area (Å²) in [5.74, 6) is 0.299. The average Bonchev–Trinajstić information content (AvgIpc) is 2.37. The van der Waals surface area contributed by atoms with Crippen molar-refractivity contribution in [2.75, 3.05) is 6.61 Å². The monoisotopic (exact) mass is 142 g/mol. The highest BCUT2D eigenvalue weighted by atomic mass is 16.5. The highest BCUT2D eigenvalue weighted by molar-refractivity contribution is 5.66. The first-order valence-electron chi connectivity index (χ1n) is 2.75. The molecular weight excluding hydrogens is 136 g/mol. The highest BCUT2D eigenvalue weighted by Crippen LogP contribution is 1.93. The number of aldehydes is 1. The third-order valence-corrected chi connectivity index (χ3v) is 0.920. The van der Waals surface area contributed by atoms with Gasteiger partial charge in [-0.15, -0.1) is 0 Å². The number of hydrogen-bond acceptors (Lipinski definition) is 5. The topological polar surface area (TPSA) is 76.2 Å². The van der Waals surface area contributed by atoms with Gasteiger partial charge in [-0.3, -0.25) is 4.79 Å². The molecule has 0 amide bonds. The summed E-state index contributed by atoms with van der Waals surface area (Å²) in [5.41, 5.74) is 0. The number of aliphatic hydroxyl groups is 1. The number of rotatable bonds is 3. The van der Waals surface area contributed by atoms with Gasteiger partial charge in [-0.05, 0) is 0 Å². The Bertz CT molecular complexity index is 220. The molecule has 1 aromatic heterocycles. The van der Waals surface area contributed by atoms with Crippen LogP contribution < -0.4 is 0 Å². The largest absolute Gasteiger partial charge is 0.396 e. The van der Waals surface area contributed by atoms with Crippen molar-refractivity contribution in [2.45, 2.75) is 6.42 Å². The van der Waals surface area contributed by atoms with E-state index < -0.39 is 0 Å². The fraction of sp³-hybridized carbons (Fsp3) is 0.400. The van der Waals surface area contributed by atoms with Gasteiger partial charge < -0.3 is 9.63 Å². The zero-order valence-electron chi connectivity index (χ0n) is 5.15. The average molecular weight is 142 g/mol. The summed E-state index contributed by atoms with van der Waals surface area (Å²) in [6, 6.07) is 0. The van der Waals surface area contributed by atoms with E-state index in [1.807, 2.05) is 0 Å². The van der Waals surface area contributed by atoms with Crippen molar-refractivity contribution in [3.8, 4) is 0 Å². The number of nitrogens with zero attached hydrogens (tertiary/aromatic N) is 2. The molecule has 54 valence electrons. The second-order valence-corrected chi connectivity index (χ2v) is 1.64. The SMILES string of the molecule is O=Cc1nc(CCO)no1. The number of aliphatic hydroxyl groups excluding tert-OH is 1. The van der Waals surface area contributed by atoms with Gasteiger partial charge in [-0.25, -0.2) is 0 Å². The summed E-state index contributed by atoms with van der Waals surface area (Å²) < 4.78 is 4.43. The summed E-state index contributed by atoms with van der Waals surface area (Å²) in [4.78, 5) is 13.6. The van der Waals surface area contributed by atoms with Gasteiger partial charge in [0.15, 0.2) is 5.82 Å². The van der Waals surface area contributed by atoms with Gasteiger partial charge in [0.2, 0.25) is 6.29 Å². The van der Waals surface area contributed by atoms with Crippen molar-refractivity contribution < 1.29 is 14.4 Å². The Morgan fingerprint density at radius 1 is 1.70 bits per heavy atom. The Hall–Kier alpha value is -1.23. The summed E-state index contributed by atoms with van der Waals surface area (Å²) in [6.07, 6.45) is 0.783. The molecule has 0 spiro atoms. The fourth-order valence-corrected chi connectivity index (χ4v) is 0.517. The van der Waals surface area contributed by atoms with E-state index in [9.17, 15) is 4.79 Å². The molecule has 1 rings (SSSR count). The maximum Gasteiger partial charge on any atom is 0.290 e. The smallest absolute Gasteiger partial charge is 0.290 e. The van der Waals surface area contributed by atoms with Crippen LogP contribution in [-0.2, 0) is 6.42 Å². The van der Waals surface area contributed by atoms with E-state index in [1.54, 1.807) is 0 Å². The lowest BCUT2D eigenvalue weighted by Crippen LogP contribution is -1.92. The Balaban J connectivity index is 2.68. The quantitative estimate of drug-likeness (QED) is 0.571. The zero-order chi connectivity index (χ0) is 7.40.